The Morgan fingerprint density at radius 3 is 2.48 bits per heavy atom. The van der Waals surface area contributed by atoms with Crippen molar-refractivity contribution >= 4 is 53.2 Å². The molecule has 0 aliphatic rings. The van der Waals surface area contributed by atoms with Gasteiger partial charge in [-0.25, -0.2) is 13.4 Å². The monoisotopic (exact) mass is 424 g/mol. The second-order valence-corrected chi connectivity index (χ2v) is 10.7. The summed E-state index contributed by atoms with van der Waals surface area (Å²) in [5.41, 5.74) is 1.63. The van der Waals surface area contributed by atoms with Gasteiger partial charge in [-0.3, -0.25) is 4.79 Å². The van der Waals surface area contributed by atoms with E-state index in [4.69, 9.17) is 0 Å². The summed E-state index contributed by atoms with van der Waals surface area (Å²) in [6.07, 6.45) is 0.151. The normalized spacial score (nSPS) is 12.0. The second-order valence-electron chi connectivity index (χ2n) is 7.12. The third-order valence-electron chi connectivity index (χ3n) is 4.77. The topological polar surface area (TPSA) is 76.1 Å². The van der Waals surface area contributed by atoms with E-state index in [1.807, 2.05) is 36.4 Å². The first-order valence-electron chi connectivity index (χ1n) is 9.25. The van der Waals surface area contributed by atoms with Crippen molar-refractivity contribution in [2.45, 2.75) is 30.4 Å². The molecule has 0 bridgehead atoms. The largest absolute Gasteiger partial charge is 0.302 e. The van der Waals surface area contributed by atoms with Crippen molar-refractivity contribution in [3.63, 3.8) is 0 Å². The molecule has 0 saturated carbocycles. The lowest BCUT2D eigenvalue weighted by molar-refractivity contribution is -0.115. The van der Waals surface area contributed by atoms with Gasteiger partial charge in [-0.2, -0.15) is 0 Å². The first-order chi connectivity index (χ1) is 13.8. The minimum absolute atomic E-state index is 0.151. The van der Waals surface area contributed by atoms with E-state index < -0.39 is 15.1 Å². The highest BCUT2D eigenvalue weighted by molar-refractivity contribution is 7.92. The summed E-state index contributed by atoms with van der Waals surface area (Å²) in [5.74, 6) is -0.187. The van der Waals surface area contributed by atoms with Gasteiger partial charge in [-0.05, 0) is 43.0 Å². The standard InChI is InChI=1S/C22H20N2O3S2/c1-14(2)29(26,27)17-10-7-15(8-11-17)13-20(25)23-22-24-21-18-6-4-3-5-16(18)9-12-19(21)28-22/h3-12,14H,13H2,1-2H3,(H,23,24,25). The molecule has 29 heavy (non-hydrogen) atoms. The number of hydrogen-bond acceptors (Lipinski definition) is 5. The van der Waals surface area contributed by atoms with Gasteiger partial charge in [0.15, 0.2) is 15.0 Å². The number of sulfone groups is 1. The van der Waals surface area contributed by atoms with Crippen LogP contribution in [0.4, 0.5) is 5.13 Å². The summed E-state index contributed by atoms with van der Waals surface area (Å²) in [6, 6.07) is 18.6. The lowest BCUT2D eigenvalue weighted by atomic mass is 10.1. The molecular weight excluding hydrogens is 404 g/mol. The number of hydrogen-bond donors (Lipinski definition) is 1. The molecule has 0 spiro atoms. The third-order valence-corrected chi connectivity index (χ3v) is 7.87. The number of nitrogens with zero attached hydrogens (tertiary/aromatic N) is 1. The highest BCUT2D eigenvalue weighted by Crippen LogP contribution is 2.31. The summed E-state index contributed by atoms with van der Waals surface area (Å²) in [4.78, 5) is 17.3. The van der Waals surface area contributed by atoms with Crippen LogP contribution in [-0.2, 0) is 21.1 Å². The average Bonchev–Trinajstić information content (AvgIpc) is 3.11. The molecule has 0 fully saturated rings. The van der Waals surface area contributed by atoms with Gasteiger partial charge in [0, 0.05) is 5.39 Å². The number of carbonyl (C=O) groups is 1. The molecule has 3 aromatic carbocycles. The van der Waals surface area contributed by atoms with Gasteiger partial charge in [0.2, 0.25) is 5.91 Å². The van der Waals surface area contributed by atoms with Gasteiger partial charge in [0.1, 0.15) is 0 Å². The molecule has 1 N–H and O–H groups in total. The van der Waals surface area contributed by atoms with Crippen molar-refractivity contribution in [1.29, 1.82) is 0 Å². The number of anilines is 1. The summed E-state index contributed by atoms with van der Waals surface area (Å²) in [5, 5.41) is 5.10. The van der Waals surface area contributed by atoms with Gasteiger partial charge >= 0.3 is 0 Å². The van der Waals surface area contributed by atoms with Gasteiger partial charge in [-0.1, -0.05) is 53.8 Å². The van der Waals surface area contributed by atoms with E-state index in [2.05, 4.69) is 10.3 Å². The van der Waals surface area contributed by atoms with Gasteiger partial charge in [0.25, 0.3) is 0 Å². The van der Waals surface area contributed by atoms with Gasteiger partial charge < -0.3 is 5.32 Å². The molecule has 0 aliphatic heterocycles. The Balaban J connectivity index is 1.51. The zero-order valence-electron chi connectivity index (χ0n) is 16.0. The van der Waals surface area contributed by atoms with Crippen LogP contribution in [0.5, 0.6) is 0 Å². The minimum atomic E-state index is -3.31. The third kappa shape index (κ3) is 3.88. The van der Waals surface area contributed by atoms with Crippen LogP contribution in [0.2, 0.25) is 0 Å². The van der Waals surface area contributed by atoms with Gasteiger partial charge in [-0.15, -0.1) is 0 Å². The molecule has 0 radical (unpaired) electrons. The highest BCUT2D eigenvalue weighted by Gasteiger charge is 2.19. The van der Waals surface area contributed by atoms with Crippen LogP contribution >= 0.6 is 11.3 Å². The zero-order valence-corrected chi connectivity index (χ0v) is 17.7. The number of benzene rings is 3. The lowest BCUT2D eigenvalue weighted by Gasteiger charge is -2.08. The smallest absolute Gasteiger partial charge is 0.230 e. The SMILES string of the molecule is CC(C)S(=O)(=O)c1ccc(CC(=O)Nc2nc3c(ccc4ccccc43)s2)cc1. The number of nitrogens with one attached hydrogen (secondary N) is 1. The van der Waals surface area contributed by atoms with Crippen LogP contribution in [-0.4, -0.2) is 24.6 Å². The Labute approximate surface area is 173 Å². The molecule has 4 rings (SSSR count). The van der Waals surface area contributed by atoms with Crippen LogP contribution in [0.25, 0.3) is 21.0 Å². The number of carbonyl (C=O) groups excluding carboxylic acids is 1. The number of thiazole rings is 1. The fourth-order valence-electron chi connectivity index (χ4n) is 3.13. The number of rotatable bonds is 5. The number of fused-ring (bicyclic) bond motifs is 3. The molecule has 1 amide bonds. The van der Waals surface area contributed by atoms with Crippen molar-refractivity contribution < 1.29 is 13.2 Å². The average molecular weight is 425 g/mol. The Morgan fingerprint density at radius 1 is 1.03 bits per heavy atom. The molecule has 4 aromatic rings. The fraction of sp³-hybridized carbons (Fsp3) is 0.182. The molecule has 5 nitrogen and oxygen atoms in total. The maximum absolute atomic E-state index is 12.4. The van der Waals surface area contributed by atoms with Crippen LogP contribution in [0, 0.1) is 0 Å². The van der Waals surface area contributed by atoms with E-state index in [1.165, 1.54) is 11.3 Å². The van der Waals surface area contributed by atoms with Crippen LogP contribution in [0.1, 0.15) is 19.4 Å². The van der Waals surface area contributed by atoms with Gasteiger partial charge in [0.05, 0.1) is 26.8 Å². The summed E-state index contributed by atoms with van der Waals surface area (Å²) in [7, 11) is -3.31. The first-order valence-corrected chi connectivity index (χ1v) is 11.6. The van der Waals surface area contributed by atoms with Crippen molar-refractivity contribution in [1.82, 2.24) is 4.98 Å². The highest BCUT2D eigenvalue weighted by atomic mass is 32.2. The van der Waals surface area contributed by atoms with Crippen LogP contribution < -0.4 is 5.32 Å². The molecule has 0 saturated heterocycles. The number of aromatic nitrogens is 1. The van der Waals surface area contributed by atoms with Crippen molar-refractivity contribution in [3.05, 3.63) is 66.2 Å². The van der Waals surface area contributed by atoms with Crippen molar-refractivity contribution in [3.8, 4) is 0 Å². The second kappa shape index (κ2) is 7.57. The molecule has 0 atom stereocenters. The Kier molecular flexibility index (Phi) is 5.10. The van der Waals surface area contributed by atoms with E-state index >= 15 is 0 Å². The van der Waals surface area contributed by atoms with E-state index in [1.54, 1.807) is 38.1 Å². The molecule has 7 heteroatoms. The fourth-order valence-corrected chi connectivity index (χ4v) is 5.09. The van der Waals surface area contributed by atoms with Crippen LogP contribution in [0.3, 0.4) is 0 Å². The number of amides is 1. The molecule has 1 heterocycles. The maximum atomic E-state index is 12.4. The predicted octanol–water partition coefficient (Wildman–Crippen LogP) is 4.81. The summed E-state index contributed by atoms with van der Waals surface area (Å²) >= 11 is 1.44. The van der Waals surface area contributed by atoms with Crippen molar-refractivity contribution in [2.75, 3.05) is 5.32 Å². The van der Waals surface area contributed by atoms with E-state index in [0.29, 0.717) is 5.13 Å². The maximum Gasteiger partial charge on any atom is 0.230 e. The minimum Gasteiger partial charge on any atom is -0.302 e. The lowest BCUT2D eigenvalue weighted by Crippen LogP contribution is -2.15. The molecular formula is C22H20N2O3S2. The summed E-state index contributed by atoms with van der Waals surface area (Å²) in [6.45, 7) is 3.30. The van der Waals surface area contributed by atoms with E-state index in [0.717, 1.165) is 26.6 Å². The zero-order chi connectivity index (χ0) is 20.6. The first kappa shape index (κ1) is 19.5. The molecule has 0 unspecified atom stereocenters. The van der Waals surface area contributed by atoms with E-state index in [9.17, 15) is 13.2 Å². The van der Waals surface area contributed by atoms with Crippen molar-refractivity contribution in [2.24, 2.45) is 0 Å². The predicted molar refractivity (Wildman–Crippen MR) is 118 cm³/mol. The molecule has 1 aromatic heterocycles. The Morgan fingerprint density at radius 2 is 1.76 bits per heavy atom. The molecule has 148 valence electrons. The van der Waals surface area contributed by atoms with Crippen LogP contribution in [0.15, 0.2) is 65.6 Å². The molecule has 0 aliphatic carbocycles. The Bertz CT molecular complexity index is 1310. The Hall–Kier alpha value is -2.77. The summed E-state index contributed by atoms with van der Waals surface area (Å²) < 4.78 is 25.4. The quantitative estimate of drug-likeness (QED) is 0.499. The van der Waals surface area contributed by atoms with E-state index in [-0.39, 0.29) is 17.2 Å².